The molecule has 4 heterocycles. The Bertz CT molecular complexity index is 1290. The summed E-state index contributed by atoms with van der Waals surface area (Å²) in [5.41, 5.74) is 4.03. The molecule has 2 fully saturated rings. The zero-order valence-corrected chi connectivity index (χ0v) is 24.5. The highest BCUT2D eigenvalue weighted by Gasteiger charge is 2.24. The minimum Gasteiger partial charge on any atom is -0.492 e. The Hall–Kier alpha value is -2.41. The van der Waals surface area contributed by atoms with E-state index in [0.717, 1.165) is 95.2 Å². The van der Waals surface area contributed by atoms with Gasteiger partial charge in [0.2, 0.25) is 6.79 Å². The molecule has 0 radical (unpaired) electrons. The van der Waals surface area contributed by atoms with Crippen molar-refractivity contribution in [3.8, 4) is 23.0 Å². The molecule has 9 nitrogen and oxygen atoms in total. The topological polar surface area (TPSA) is 78.4 Å². The maximum Gasteiger partial charge on any atom is 0.231 e. The molecule has 1 aromatic heterocycles. The van der Waals surface area contributed by atoms with Crippen molar-refractivity contribution >= 4 is 33.5 Å². The van der Waals surface area contributed by atoms with Gasteiger partial charge >= 0.3 is 0 Å². The summed E-state index contributed by atoms with van der Waals surface area (Å²) in [5.74, 6) is 3.14. The zero-order valence-electron chi connectivity index (χ0n) is 22.4. The number of ether oxygens (including phenoxy) is 5. The predicted octanol–water partition coefficient (Wildman–Crippen LogP) is 4.07. The van der Waals surface area contributed by atoms with Gasteiger partial charge in [0.25, 0.3) is 0 Å². The summed E-state index contributed by atoms with van der Waals surface area (Å²) in [6.45, 7) is 7.52. The second-order valence-electron chi connectivity index (χ2n) is 10.3. The van der Waals surface area contributed by atoms with Gasteiger partial charge in [0.15, 0.2) is 11.5 Å². The maximum absolute atomic E-state index is 6.63. The highest BCUT2D eigenvalue weighted by molar-refractivity contribution is 14.1. The van der Waals surface area contributed by atoms with E-state index in [2.05, 4.69) is 50.5 Å². The van der Waals surface area contributed by atoms with Crippen LogP contribution in [0.25, 0.3) is 10.9 Å². The number of rotatable bonds is 9. The Kier molecular flexibility index (Phi) is 8.52. The molecule has 39 heavy (non-hydrogen) atoms. The van der Waals surface area contributed by atoms with E-state index in [-0.39, 0.29) is 12.9 Å². The molecule has 10 heteroatoms. The van der Waals surface area contributed by atoms with Crippen LogP contribution in [-0.4, -0.2) is 92.3 Å². The van der Waals surface area contributed by atoms with Crippen LogP contribution in [0.5, 0.6) is 23.0 Å². The van der Waals surface area contributed by atoms with Gasteiger partial charge in [0.05, 0.1) is 29.8 Å². The van der Waals surface area contributed by atoms with Gasteiger partial charge in [-0.3, -0.25) is 4.90 Å². The molecule has 0 N–H and O–H groups in total. The molecule has 3 aromatic rings. The van der Waals surface area contributed by atoms with Crippen LogP contribution in [-0.2, 0) is 15.6 Å². The third kappa shape index (κ3) is 6.18. The monoisotopic (exact) mass is 646 g/mol. The summed E-state index contributed by atoms with van der Waals surface area (Å²) < 4.78 is 30.9. The number of hydrogen-bond acceptors (Lipinski definition) is 9. The molecule has 0 atom stereocenters. The first kappa shape index (κ1) is 26.8. The molecule has 208 valence electrons. The number of piperazine rings is 1. The van der Waals surface area contributed by atoms with E-state index < -0.39 is 0 Å². The largest absolute Gasteiger partial charge is 0.492 e. The average Bonchev–Trinajstić information content (AvgIpc) is 3.44. The van der Waals surface area contributed by atoms with Crippen LogP contribution >= 0.6 is 22.6 Å². The first-order chi connectivity index (χ1) is 19.2. The molecular weight excluding hydrogens is 611 g/mol. The number of aromatic nitrogens is 2. The lowest BCUT2D eigenvalue weighted by molar-refractivity contribution is 0.0260. The minimum absolute atomic E-state index is 0.0817. The molecule has 3 aliphatic rings. The van der Waals surface area contributed by atoms with E-state index in [1.807, 2.05) is 18.2 Å². The summed E-state index contributed by atoms with van der Waals surface area (Å²) in [6.07, 6.45) is 4.02. The average molecular weight is 647 g/mol. The molecule has 6 rings (SSSR count). The molecule has 0 spiro atoms. The lowest BCUT2D eigenvalue weighted by Gasteiger charge is -2.32. The van der Waals surface area contributed by atoms with E-state index in [1.165, 1.54) is 5.56 Å². The van der Waals surface area contributed by atoms with Gasteiger partial charge in [0.1, 0.15) is 30.5 Å². The van der Waals surface area contributed by atoms with Gasteiger partial charge in [-0.25, -0.2) is 9.97 Å². The first-order valence-corrected chi connectivity index (χ1v) is 15.2. The van der Waals surface area contributed by atoms with Crippen molar-refractivity contribution in [2.24, 2.45) is 0 Å². The van der Waals surface area contributed by atoms with Gasteiger partial charge in [0, 0.05) is 74.1 Å². The number of hydrogen-bond donors (Lipinski definition) is 0. The van der Waals surface area contributed by atoms with E-state index in [1.54, 1.807) is 6.33 Å². The van der Waals surface area contributed by atoms with Crippen molar-refractivity contribution in [3.63, 3.8) is 0 Å². The van der Waals surface area contributed by atoms with Crippen LogP contribution in [0.4, 0.5) is 0 Å². The van der Waals surface area contributed by atoms with Gasteiger partial charge in [-0.15, -0.1) is 0 Å². The Labute approximate surface area is 242 Å². The van der Waals surface area contributed by atoms with Crippen LogP contribution in [0.1, 0.15) is 29.7 Å². The number of nitrogens with zero attached hydrogens (tertiary/aromatic N) is 4. The fraction of sp³-hybridized carbons (Fsp3) is 0.517. The Morgan fingerprint density at radius 3 is 2.72 bits per heavy atom. The number of halogens is 1. The van der Waals surface area contributed by atoms with Gasteiger partial charge in [-0.2, -0.15) is 0 Å². The van der Waals surface area contributed by atoms with E-state index in [9.17, 15) is 0 Å². The zero-order chi connectivity index (χ0) is 26.6. The van der Waals surface area contributed by atoms with Gasteiger partial charge in [-0.05, 0) is 18.7 Å². The third-order valence-electron chi connectivity index (χ3n) is 7.72. The van der Waals surface area contributed by atoms with Crippen molar-refractivity contribution in [2.75, 3.05) is 66.4 Å². The second kappa shape index (κ2) is 12.4. The summed E-state index contributed by atoms with van der Waals surface area (Å²) in [6, 6.07) is 8.13. The van der Waals surface area contributed by atoms with E-state index in [0.29, 0.717) is 26.2 Å². The molecular formula is C29H35IN4O5. The molecule has 0 aliphatic carbocycles. The van der Waals surface area contributed by atoms with Crippen molar-refractivity contribution in [3.05, 3.63) is 47.4 Å². The van der Waals surface area contributed by atoms with Crippen LogP contribution in [0.15, 0.2) is 30.6 Å². The molecule has 0 amide bonds. The van der Waals surface area contributed by atoms with Crippen molar-refractivity contribution in [1.29, 1.82) is 0 Å². The number of fused-ring (bicyclic) bond motifs is 2. The van der Waals surface area contributed by atoms with Gasteiger partial charge < -0.3 is 28.6 Å². The van der Waals surface area contributed by atoms with E-state index >= 15 is 0 Å². The molecule has 2 aromatic carbocycles. The standard InChI is InChI=1S/C29H35IN4O5/c1-33-6-8-34(9-7-33)10-13-36-22-14-24-28(27(15-22)39-21-4-11-35-12-5-21)25(32-18-31-24)16-23-20(17-30)2-3-26-29(23)38-19-37-26/h2-3,14-15,18,21H,4-13,16-17,19H2,1H3. The number of likely N-dealkylation sites (N-methyl/N-ethyl adjacent to an activating group) is 1. The Balaban J connectivity index is 1.30. The highest BCUT2D eigenvalue weighted by Crippen LogP contribution is 2.41. The summed E-state index contributed by atoms with van der Waals surface area (Å²) >= 11 is 2.39. The molecule has 0 saturated carbocycles. The lowest BCUT2D eigenvalue weighted by Crippen LogP contribution is -2.45. The summed E-state index contributed by atoms with van der Waals surface area (Å²) in [4.78, 5) is 14.2. The predicted molar refractivity (Wildman–Crippen MR) is 157 cm³/mol. The van der Waals surface area contributed by atoms with Crippen LogP contribution < -0.4 is 18.9 Å². The van der Waals surface area contributed by atoms with Gasteiger partial charge in [-0.1, -0.05) is 28.7 Å². The summed E-state index contributed by atoms with van der Waals surface area (Å²) in [7, 11) is 2.17. The molecule has 0 unspecified atom stereocenters. The Morgan fingerprint density at radius 1 is 1.05 bits per heavy atom. The highest BCUT2D eigenvalue weighted by atomic mass is 127. The van der Waals surface area contributed by atoms with Crippen LogP contribution in [0.3, 0.4) is 0 Å². The number of alkyl halides is 1. The fourth-order valence-electron chi connectivity index (χ4n) is 5.40. The maximum atomic E-state index is 6.63. The lowest BCUT2D eigenvalue weighted by atomic mass is 9.99. The molecule has 3 aliphatic heterocycles. The SMILES string of the molecule is CN1CCN(CCOc2cc(OC3CCOCC3)c3c(Cc4c(CI)ccc5c4OCO5)ncnc3c2)CC1. The second-order valence-corrected chi connectivity index (χ2v) is 11.1. The molecule has 0 bridgehead atoms. The quantitative estimate of drug-likeness (QED) is 0.253. The smallest absolute Gasteiger partial charge is 0.231 e. The van der Waals surface area contributed by atoms with Crippen LogP contribution in [0, 0.1) is 0 Å². The summed E-state index contributed by atoms with van der Waals surface area (Å²) in [5, 5.41) is 0.923. The van der Waals surface area contributed by atoms with Crippen molar-refractivity contribution in [1.82, 2.24) is 19.8 Å². The van der Waals surface area contributed by atoms with Crippen molar-refractivity contribution < 1.29 is 23.7 Å². The number of benzene rings is 2. The Morgan fingerprint density at radius 2 is 1.90 bits per heavy atom. The fourth-order valence-corrected chi connectivity index (χ4v) is 6.11. The first-order valence-electron chi connectivity index (χ1n) is 13.7. The minimum atomic E-state index is 0.0817. The third-order valence-corrected chi connectivity index (χ3v) is 8.54. The van der Waals surface area contributed by atoms with Crippen LogP contribution in [0.2, 0.25) is 0 Å². The molecule has 2 saturated heterocycles. The normalized spacial score (nSPS) is 18.5. The van der Waals surface area contributed by atoms with E-state index in [4.69, 9.17) is 28.7 Å². The van der Waals surface area contributed by atoms with Crippen molar-refractivity contribution in [2.45, 2.75) is 29.8 Å².